The van der Waals surface area contributed by atoms with Crippen LogP contribution in [0.1, 0.15) is 30.1 Å². The molecule has 1 aromatic heterocycles. The van der Waals surface area contributed by atoms with Crippen LogP contribution in [0.3, 0.4) is 0 Å². The molecule has 1 aliphatic carbocycles. The van der Waals surface area contributed by atoms with Crippen LogP contribution in [-0.4, -0.2) is 41.2 Å². The number of aliphatic carboxylic acids is 1. The van der Waals surface area contributed by atoms with E-state index < -0.39 is 11.9 Å². The Kier molecular flexibility index (Phi) is 3.99. The standard InChI is InChI=1S/C13H16N2O4/c1-2-19-13(18)10-4-3-7-14-12(10)15(8-11(16)17)9-5-6-9/h3-4,7,9H,2,5-6,8H2,1H3,(H,16,17). The summed E-state index contributed by atoms with van der Waals surface area (Å²) in [7, 11) is 0. The number of carbonyl (C=O) groups is 2. The van der Waals surface area contributed by atoms with Gasteiger partial charge < -0.3 is 14.7 Å². The lowest BCUT2D eigenvalue weighted by atomic mass is 10.2. The van der Waals surface area contributed by atoms with E-state index in [0.29, 0.717) is 11.4 Å². The van der Waals surface area contributed by atoms with Crippen molar-refractivity contribution in [3.05, 3.63) is 23.9 Å². The number of carbonyl (C=O) groups excluding carboxylic acids is 1. The van der Waals surface area contributed by atoms with Crippen LogP contribution in [-0.2, 0) is 9.53 Å². The van der Waals surface area contributed by atoms with Crippen molar-refractivity contribution in [3.8, 4) is 0 Å². The van der Waals surface area contributed by atoms with Gasteiger partial charge in [-0.15, -0.1) is 0 Å². The summed E-state index contributed by atoms with van der Waals surface area (Å²) in [6, 6.07) is 3.40. The van der Waals surface area contributed by atoms with E-state index in [0.717, 1.165) is 12.8 Å². The fourth-order valence-electron chi connectivity index (χ4n) is 1.90. The van der Waals surface area contributed by atoms with Gasteiger partial charge in [0.05, 0.1) is 6.61 Å². The van der Waals surface area contributed by atoms with Crippen LogP contribution in [0.5, 0.6) is 0 Å². The number of carboxylic acids is 1. The summed E-state index contributed by atoms with van der Waals surface area (Å²) in [5, 5.41) is 8.97. The first-order valence-corrected chi connectivity index (χ1v) is 6.24. The first kappa shape index (κ1) is 13.3. The molecule has 1 fully saturated rings. The van der Waals surface area contributed by atoms with Gasteiger partial charge in [-0.25, -0.2) is 9.78 Å². The molecule has 0 atom stereocenters. The highest BCUT2D eigenvalue weighted by atomic mass is 16.5. The van der Waals surface area contributed by atoms with Gasteiger partial charge in [0.1, 0.15) is 17.9 Å². The van der Waals surface area contributed by atoms with E-state index >= 15 is 0 Å². The third-order valence-electron chi connectivity index (χ3n) is 2.85. The number of pyridine rings is 1. The molecule has 6 nitrogen and oxygen atoms in total. The number of hydrogen-bond acceptors (Lipinski definition) is 5. The minimum absolute atomic E-state index is 0.152. The normalized spacial score (nSPS) is 13.9. The fourth-order valence-corrected chi connectivity index (χ4v) is 1.90. The second-order valence-corrected chi connectivity index (χ2v) is 4.35. The summed E-state index contributed by atoms with van der Waals surface area (Å²) in [4.78, 5) is 28.6. The van der Waals surface area contributed by atoms with Crippen LogP contribution in [0.15, 0.2) is 18.3 Å². The van der Waals surface area contributed by atoms with Crippen molar-refractivity contribution in [3.63, 3.8) is 0 Å². The molecule has 19 heavy (non-hydrogen) atoms. The number of carboxylic acid groups (broad SMARTS) is 1. The van der Waals surface area contributed by atoms with E-state index in [9.17, 15) is 9.59 Å². The highest BCUT2D eigenvalue weighted by Gasteiger charge is 2.33. The number of anilines is 1. The van der Waals surface area contributed by atoms with Crippen molar-refractivity contribution < 1.29 is 19.4 Å². The first-order chi connectivity index (χ1) is 9.13. The smallest absolute Gasteiger partial charge is 0.341 e. The van der Waals surface area contributed by atoms with Gasteiger partial charge in [0.2, 0.25) is 0 Å². The van der Waals surface area contributed by atoms with Gasteiger partial charge in [0.25, 0.3) is 0 Å². The predicted molar refractivity (Wildman–Crippen MR) is 68.2 cm³/mol. The Balaban J connectivity index is 2.30. The van der Waals surface area contributed by atoms with Gasteiger partial charge in [-0.05, 0) is 31.9 Å². The molecule has 1 saturated carbocycles. The lowest BCUT2D eigenvalue weighted by Crippen LogP contribution is -2.33. The Morgan fingerprint density at radius 2 is 2.26 bits per heavy atom. The summed E-state index contributed by atoms with van der Waals surface area (Å²) in [5.74, 6) is -1.01. The van der Waals surface area contributed by atoms with E-state index in [-0.39, 0.29) is 19.2 Å². The molecule has 0 unspecified atom stereocenters. The molecule has 1 aliphatic rings. The highest BCUT2D eigenvalue weighted by molar-refractivity contribution is 5.95. The van der Waals surface area contributed by atoms with E-state index in [1.807, 2.05) is 0 Å². The molecule has 0 aliphatic heterocycles. The van der Waals surface area contributed by atoms with Gasteiger partial charge >= 0.3 is 11.9 Å². The monoisotopic (exact) mass is 264 g/mol. The van der Waals surface area contributed by atoms with Crippen LogP contribution in [0.2, 0.25) is 0 Å². The highest BCUT2D eigenvalue weighted by Crippen LogP contribution is 2.32. The molecule has 0 bridgehead atoms. The maximum atomic E-state index is 11.9. The van der Waals surface area contributed by atoms with Crippen molar-refractivity contribution in [2.45, 2.75) is 25.8 Å². The van der Waals surface area contributed by atoms with Gasteiger partial charge in [-0.1, -0.05) is 0 Å². The number of nitrogens with zero attached hydrogens (tertiary/aromatic N) is 2. The molecular formula is C13H16N2O4. The van der Waals surface area contributed by atoms with Crippen LogP contribution >= 0.6 is 0 Å². The molecule has 0 saturated heterocycles. The van der Waals surface area contributed by atoms with E-state index in [4.69, 9.17) is 9.84 Å². The molecule has 1 N–H and O–H groups in total. The minimum Gasteiger partial charge on any atom is -0.480 e. The summed E-state index contributed by atoms with van der Waals surface area (Å²) in [6.45, 7) is 1.84. The van der Waals surface area contributed by atoms with Crippen molar-refractivity contribution in [1.82, 2.24) is 4.98 Å². The third kappa shape index (κ3) is 3.21. The molecule has 0 aromatic carbocycles. The number of esters is 1. The summed E-state index contributed by atoms with van der Waals surface area (Å²) >= 11 is 0. The van der Waals surface area contributed by atoms with Crippen LogP contribution in [0, 0.1) is 0 Å². The average Bonchev–Trinajstić information content (AvgIpc) is 3.20. The van der Waals surface area contributed by atoms with Crippen LogP contribution < -0.4 is 4.90 Å². The molecule has 1 aromatic rings. The molecule has 6 heteroatoms. The molecule has 0 amide bonds. The largest absolute Gasteiger partial charge is 0.480 e. The van der Waals surface area contributed by atoms with E-state index in [2.05, 4.69) is 4.98 Å². The van der Waals surface area contributed by atoms with Crippen LogP contribution in [0.25, 0.3) is 0 Å². The van der Waals surface area contributed by atoms with Crippen molar-refractivity contribution in [2.24, 2.45) is 0 Å². The van der Waals surface area contributed by atoms with Gasteiger partial charge in [-0.2, -0.15) is 0 Å². The Morgan fingerprint density at radius 3 is 2.84 bits per heavy atom. The maximum Gasteiger partial charge on any atom is 0.341 e. The molecule has 2 rings (SSSR count). The zero-order chi connectivity index (χ0) is 13.8. The molecule has 1 heterocycles. The zero-order valence-corrected chi connectivity index (χ0v) is 10.7. The average molecular weight is 264 g/mol. The van der Waals surface area contributed by atoms with Crippen LogP contribution in [0.4, 0.5) is 5.82 Å². The Bertz CT molecular complexity index is 485. The fraction of sp³-hybridized carbons (Fsp3) is 0.462. The van der Waals surface area contributed by atoms with E-state index in [1.165, 1.54) is 0 Å². The second kappa shape index (κ2) is 5.69. The lowest BCUT2D eigenvalue weighted by molar-refractivity contribution is -0.135. The maximum absolute atomic E-state index is 11.9. The van der Waals surface area contributed by atoms with Gasteiger partial charge in [-0.3, -0.25) is 4.79 Å². The predicted octanol–water partition coefficient (Wildman–Crippen LogP) is 1.31. The van der Waals surface area contributed by atoms with Crippen molar-refractivity contribution >= 4 is 17.8 Å². The number of hydrogen-bond donors (Lipinski definition) is 1. The van der Waals surface area contributed by atoms with Crippen molar-refractivity contribution in [1.29, 1.82) is 0 Å². The summed E-state index contributed by atoms with van der Waals surface area (Å²) < 4.78 is 4.97. The second-order valence-electron chi connectivity index (χ2n) is 4.35. The third-order valence-corrected chi connectivity index (χ3v) is 2.85. The molecule has 0 radical (unpaired) electrons. The zero-order valence-electron chi connectivity index (χ0n) is 10.7. The number of rotatable bonds is 6. The van der Waals surface area contributed by atoms with Gasteiger partial charge in [0, 0.05) is 12.2 Å². The topological polar surface area (TPSA) is 79.7 Å². The summed E-state index contributed by atoms with van der Waals surface area (Å²) in [5.41, 5.74) is 0.317. The number of ether oxygens (including phenoxy) is 1. The molecule has 102 valence electrons. The molecule has 0 spiro atoms. The first-order valence-electron chi connectivity index (χ1n) is 6.24. The SMILES string of the molecule is CCOC(=O)c1cccnc1N(CC(=O)O)C1CC1. The Morgan fingerprint density at radius 1 is 1.53 bits per heavy atom. The van der Waals surface area contributed by atoms with Crippen molar-refractivity contribution in [2.75, 3.05) is 18.1 Å². The quantitative estimate of drug-likeness (QED) is 0.780. The van der Waals surface area contributed by atoms with Gasteiger partial charge in [0.15, 0.2) is 0 Å². The summed E-state index contributed by atoms with van der Waals surface area (Å²) in [6.07, 6.45) is 3.40. The Labute approximate surface area is 111 Å². The number of aromatic nitrogens is 1. The molecular weight excluding hydrogens is 248 g/mol. The Hall–Kier alpha value is -2.11. The van der Waals surface area contributed by atoms with E-state index in [1.54, 1.807) is 30.2 Å². The minimum atomic E-state index is -0.938. The lowest BCUT2D eigenvalue weighted by Gasteiger charge is -2.23.